The molecule has 2 aromatic carbocycles. The average molecular weight is 255 g/mol. The van der Waals surface area contributed by atoms with Gasteiger partial charge in [0.05, 0.1) is 13.2 Å². The lowest BCUT2D eigenvalue weighted by atomic mass is 9.93. The zero-order valence-electron chi connectivity index (χ0n) is 12.0. The topological polar surface area (TPSA) is 35.2 Å². The number of hydrogen-bond acceptors (Lipinski definition) is 2. The summed E-state index contributed by atoms with van der Waals surface area (Å²) in [7, 11) is 1.69. The Morgan fingerprint density at radius 3 is 2.16 bits per heavy atom. The third-order valence-electron chi connectivity index (χ3n) is 3.46. The highest BCUT2D eigenvalue weighted by molar-refractivity contribution is 5.48. The lowest BCUT2D eigenvalue weighted by Crippen LogP contribution is -2.14. The first-order chi connectivity index (χ1) is 9.02. The predicted octanol–water partition coefficient (Wildman–Crippen LogP) is 3.67. The normalized spacial score (nSPS) is 12.3. The second-order valence-electron chi connectivity index (χ2n) is 5.09. The van der Waals surface area contributed by atoms with Crippen LogP contribution in [-0.4, -0.2) is 7.11 Å². The molecule has 0 heterocycles. The molecule has 2 rings (SSSR count). The van der Waals surface area contributed by atoms with E-state index in [0.717, 1.165) is 16.9 Å². The van der Waals surface area contributed by atoms with Gasteiger partial charge in [-0.2, -0.15) is 0 Å². The third kappa shape index (κ3) is 2.79. The van der Waals surface area contributed by atoms with Gasteiger partial charge in [-0.1, -0.05) is 35.9 Å². The molecule has 0 aromatic heterocycles. The van der Waals surface area contributed by atoms with E-state index in [1.54, 1.807) is 7.11 Å². The van der Waals surface area contributed by atoms with Crippen LogP contribution < -0.4 is 10.5 Å². The molecule has 2 heteroatoms. The molecule has 1 unspecified atom stereocenters. The van der Waals surface area contributed by atoms with E-state index in [4.69, 9.17) is 10.5 Å². The number of benzene rings is 2. The molecule has 1 atom stereocenters. The number of nitrogens with two attached hydrogens (primary N) is 1. The second-order valence-corrected chi connectivity index (χ2v) is 5.09. The summed E-state index contributed by atoms with van der Waals surface area (Å²) in [6.07, 6.45) is 0. The molecule has 0 aliphatic carbocycles. The maximum Gasteiger partial charge on any atom is 0.124 e. The first kappa shape index (κ1) is 13.6. The number of ether oxygens (including phenoxy) is 1. The van der Waals surface area contributed by atoms with E-state index in [0.29, 0.717) is 0 Å². The van der Waals surface area contributed by atoms with Crippen molar-refractivity contribution in [1.29, 1.82) is 0 Å². The fraction of sp³-hybridized carbons (Fsp3) is 0.294. The molecule has 2 nitrogen and oxygen atoms in total. The van der Waals surface area contributed by atoms with E-state index in [-0.39, 0.29) is 6.04 Å². The Morgan fingerprint density at radius 1 is 0.947 bits per heavy atom. The molecule has 0 saturated carbocycles. The Bertz CT molecular complexity index is 573. The molecule has 0 saturated heterocycles. The van der Waals surface area contributed by atoms with E-state index < -0.39 is 0 Å². The molecular formula is C17H21NO. The van der Waals surface area contributed by atoms with Gasteiger partial charge in [0.15, 0.2) is 0 Å². The van der Waals surface area contributed by atoms with Crippen molar-refractivity contribution in [2.24, 2.45) is 5.73 Å². The summed E-state index contributed by atoms with van der Waals surface area (Å²) in [5.41, 5.74) is 12.2. The van der Waals surface area contributed by atoms with Crippen LogP contribution in [0.25, 0.3) is 0 Å². The summed E-state index contributed by atoms with van der Waals surface area (Å²) in [4.78, 5) is 0. The molecule has 0 fully saturated rings. The van der Waals surface area contributed by atoms with Crippen molar-refractivity contribution in [3.05, 3.63) is 64.2 Å². The van der Waals surface area contributed by atoms with Gasteiger partial charge in [0.1, 0.15) is 5.75 Å². The van der Waals surface area contributed by atoms with Gasteiger partial charge in [-0.15, -0.1) is 0 Å². The smallest absolute Gasteiger partial charge is 0.124 e. The molecule has 2 N–H and O–H groups in total. The summed E-state index contributed by atoms with van der Waals surface area (Å²) in [6, 6.07) is 12.4. The maximum atomic E-state index is 6.41. The monoisotopic (exact) mass is 255 g/mol. The van der Waals surface area contributed by atoms with Crippen LogP contribution in [-0.2, 0) is 0 Å². The quantitative estimate of drug-likeness (QED) is 0.908. The Morgan fingerprint density at radius 2 is 1.58 bits per heavy atom. The zero-order chi connectivity index (χ0) is 14.0. The minimum atomic E-state index is -0.156. The summed E-state index contributed by atoms with van der Waals surface area (Å²) >= 11 is 0. The van der Waals surface area contributed by atoms with Gasteiger partial charge in [0.25, 0.3) is 0 Å². The van der Waals surface area contributed by atoms with Crippen LogP contribution >= 0.6 is 0 Å². The minimum Gasteiger partial charge on any atom is -0.496 e. The van der Waals surface area contributed by atoms with Crippen LogP contribution in [0, 0.1) is 20.8 Å². The Labute approximate surface area is 115 Å². The molecule has 0 amide bonds. The van der Waals surface area contributed by atoms with Gasteiger partial charge in [-0.05, 0) is 43.5 Å². The molecule has 0 radical (unpaired) electrons. The van der Waals surface area contributed by atoms with Crippen molar-refractivity contribution in [1.82, 2.24) is 0 Å². The number of aryl methyl sites for hydroxylation is 3. The molecule has 0 bridgehead atoms. The van der Waals surface area contributed by atoms with Crippen LogP contribution in [0.15, 0.2) is 36.4 Å². The third-order valence-corrected chi connectivity index (χ3v) is 3.46. The molecular weight excluding hydrogens is 234 g/mol. The lowest BCUT2D eigenvalue weighted by Gasteiger charge is -2.19. The van der Waals surface area contributed by atoms with Gasteiger partial charge >= 0.3 is 0 Å². The fourth-order valence-electron chi connectivity index (χ4n) is 2.45. The van der Waals surface area contributed by atoms with Crippen LogP contribution in [0.4, 0.5) is 0 Å². The van der Waals surface area contributed by atoms with E-state index in [1.165, 1.54) is 16.7 Å². The van der Waals surface area contributed by atoms with Gasteiger partial charge in [-0.25, -0.2) is 0 Å². The van der Waals surface area contributed by atoms with Crippen molar-refractivity contribution in [2.45, 2.75) is 26.8 Å². The summed E-state index contributed by atoms with van der Waals surface area (Å²) in [5.74, 6) is 0.866. The van der Waals surface area contributed by atoms with Gasteiger partial charge in [0.2, 0.25) is 0 Å². The minimum absolute atomic E-state index is 0.156. The number of rotatable bonds is 3. The first-order valence-corrected chi connectivity index (χ1v) is 6.50. The number of hydrogen-bond donors (Lipinski definition) is 1. The Hall–Kier alpha value is -1.80. The highest BCUT2D eigenvalue weighted by Crippen LogP contribution is 2.32. The van der Waals surface area contributed by atoms with E-state index >= 15 is 0 Å². The first-order valence-electron chi connectivity index (χ1n) is 6.50. The molecule has 100 valence electrons. The van der Waals surface area contributed by atoms with Crippen LogP contribution in [0.5, 0.6) is 5.75 Å². The molecule has 2 aromatic rings. The average Bonchev–Trinajstić information content (AvgIpc) is 2.38. The van der Waals surface area contributed by atoms with Crippen molar-refractivity contribution >= 4 is 0 Å². The van der Waals surface area contributed by atoms with Crippen LogP contribution in [0.2, 0.25) is 0 Å². The van der Waals surface area contributed by atoms with Gasteiger partial charge in [0, 0.05) is 5.56 Å². The largest absolute Gasteiger partial charge is 0.496 e. The number of methoxy groups -OCH3 is 1. The summed E-state index contributed by atoms with van der Waals surface area (Å²) < 4.78 is 5.49. The second kappa shape index (κ2) is 5.45. The molecule has 0 spiro atoms. The van der Waals surface area contributed by atoms with E-state index in [9.17, 15) is 0 Å². The standard InChI is InChI=1S/C17H21NO/c1-11-5-7-14(8-6-11)17(18)16-13(3)9-12(2)10-15(16)19-4/h5-10,17H,18H2,1-4H3. The maximum absolute atomic E-state index is 6.41. The molecule has 0 aliphatic heterocycles. The molecule has 19 heavy (non-hydrogen) atoms. The van der Waals surface area contributed by atoms with Crippen LogP contribution in [0.1, 0.15) is 33.9 Å². The van der Waals surface area contributed by atoms with Gasteiger partial charge < -0.3 is 10.5 Å². The Balaban J connectivity index is 2.49. The van der Waals surface area contributed by atoms with Gasteiger partial charge in [-0.3, -0.25) is 0 Å². The van der Waals surface area contributed by atoms with Crippen molar-refractivity contribution in [2.75, 3.05) is 7.11 Å². The highest BCUT2D eigenvalue weighted by Gasteiger charge is 2.17. The predicted molar refractivity (Wildman–Crippen MR) is 79.7 cm³/mol. The van der Waals surface area contributed by atoms with Crippen molar-refractivity contribution in [3.63, 3.8) is 0 Å². The highest BCUT2D eigenvalue weighted by atomic mass is 16.5. The summed E-state index contributed by atoms with van der Waals surface area (Å²) in [6.45, 7) is 6.22. The van der Waals surface area contributed by atoms with Crippen LogP contribution in [0.3, 0.4) is 0 Å². The van der Waals surface area contributed by atoms with E-state index in [1.807, 2.05) is 6.07 Å². The zero-order valence-corrected chi connectivity index (χ0v) is 12.0. The van der Waals surface area contributed by atoms with Crippen molar-refractivity contribution < 1.29 is 4.74 Å². The van der Waals surface area contributed by atoms with Crippen molar-refractivity contribution in [3.8, 4) is 5.75 Å². The summed E-state index contributed by atoms with van der Waals surface area (Å²) in [5, 5.41) is 0. The Kier molecular flexibility index (Phi) is 3.91. The SMILES string of the molecule is COc1cc(C)cc(C)c1C(N)c1ccc(C)cc1. The lowest BCUT2D eigenvalue weighted by molar-refractivity contribution is 0.407. The fourth-order valence-corrected chi connectivity index (χ4v) is 2.45. The van der Waals surface area contributed by atoms with E-state index in [2.05, 4.69) is 51.1 Å². The molecule has 0 aliphatic rings.